The van der Waals surface area contributed by atoms with E-state index in [-0.39, 0.29) is 11.2 Å². The van der Waals surface area contributed by atoms with E-state index in [0.29, 0.717) is 23.1 Å². The molecule has 7 nitrogen and oxygen atoms in total. The summed E-state index contributed by atoms with van der Waals surface area (Å²) in [5.41, 5.74) is 0.638. The molecule has 1 atom stereocenters. The quantitative estimate of drug-likeness (QED) is 0.654. The molecule has 0 aliphatic rings. The molecule has 130 valence electrons. The highest BCUT2D eigenvalue weighted by Gasteiger charge is 2.19. The van der Waals surface area contributed by atoms with Crippen LogP contribution in [0.5, 0.6) is 5.75 Å². The lowest BCUT2D eigenvalue weighted by molar-refractivity contribution is -0.115. The number of amides is 1. The molecule has 3 aromatic rings. The molecule has 0 saturated carbocycles. The molecule has 0 aliphatic heterocycles. The summed E-state index contributed by atoms with van der Waals surface area (Å²) in [6.07, 6.45) is 3.24. The van der Waals surface area contributed by atoms with Gasteiger partial charge in [0.1, 0.15) is 17.8 Å². The summed E-state index contributed by atoms with van der Waals surface area (Å²) in [6.45, 7) is 2.34. The van der Waals surface area contributed by atoms with Gasteiger partial charge in [-0.2, -0.15) is 0 Å². The number of rotatable bonds is 7. The van der Waals surface area contributed by atoms with Crippen molar-refractivity contribution in [2.24, 2.45) is 0 Å². The molecule has 25 heavy (non-hydrogen) atoms. The molecule has 2 heterocycles. The smallest absolute Gasteiger partial charge is 0.237 e. The zero-order valence-electron chi connectivity index (χ0n) is 13.9. The van der Waals surface area contributed by atoms with Crippen molar-refractivity contribution in [3.63, 3.8) is 0 Å². The molecule has 0 spiro atoms. The number of hydrogen-bond acceptors (Lipinski definition) is 6. The lowest BCUT2D eigenvalue weighted by atomic mass is 10.3. The minimum atomic E-state index is -0.357. The number of hydrogen-bond donors (Lipinski definition) is 1. The van der Waals surface area contributed by atoms with Crippen LogP contribution >= 0.6 is 11.8 Å². The molecular formula is C17H18N4O3S. The third-order valence-corrected chi connectivity index (χ3v) is 4.60. The second-order valence-electron chi connectivity index (χ2n) is 5.27. The first-order valence-corrected chi connectivity index (χ1v) is 8.56. The largest absolute Gasteiger partial charge is 0.495 e. The van der Waals surface area contributed by atoms with Crippen LogP contribution in [0.3, 0.4) is 0 Å². The number of benzene rings is 1. The Morgan fingerprint density at radius 2 is 2.20 bits per heavy atom. The molecule has 0 saturated heterocycles. The molecule has 1 aromatic carbocycles. The number of furan rings is 1. The SMILES string of the molecule is COc1ccccc1NC(=O)C(C)Sc1nncn1Cc1ccco1. The van der Waals surface area contributed by atoms with Crippen molar-refractivity contribution >= 4 is 23.4 Å². The summed E-state index contributed by atoms with van der Waals surface area (Å²) in [5.74, 6) is 1.28. The van der Waals surface area contributed by atoms with Gasteiger partial charge in [0.05, 0.1) is 30.9 Å². The van der Waals surface area contributed by atoms with Crippen LogP contribution in [-0.4, -0.2) is 33.0 Å². The summed E-state index contributed by atoms with van der Waals surface area (Å²) in [7, 11) is 1.57. The minimum absolute atomic E-state index is 0.137. The molecule has 0 bridgehead atoms. The zero-order valence-corrected chi connectivity index (χ0v) is 14.7. The van der Waals surface area contributed by atoms with Crippen LogP contribution < -0.4 is 10.1 Å². The fraction of sp³-hybridized carbons (Fsp3) is 0.235. The summed E-state index contributed by atoms with van der Waals surface area (Å²) < 4.78 is 12.4. The normalized spacial score (nSPS) is 11.9. The van der Waals surface area contributed by atoms with Gasteiger partial charge in [0.2, 0.25) is 5.91 Å². The Morgan fingerprint density at radius 1 is 1.36 bits per heavy atom. The van der Waals surface area contributed by atoms with Gasteiger partial charge in [-0.15, -0.1) is 10.2 Å². The van der Waals surface area contributed by atoms with E-state index in [9.17, 15) is 4.79 Å². The van der Waals surface area contributed by atoms with Crippen LogP contribution in [0, 0.1) is 0 Å². The molecule has 1 unspecified atom stereocenters. The van der Waals surface area contributed by atoms with Gasteiger partial charge in [0, 0.05) is 0 Å². The second kappa shape index (κ2) is 7.89. The molecule has 1 amide bonds. The number of carbonyl (C=O) groups is 1. The third-order valence-electron chi connectivity index (χ3n) is 3.50. The van der Waals surface area contributed by atoms with Gasteiger partial charge in [-0.25, -0.2) is 0 Å². The molecule has 0 aliphatic carbocycles. The van der Waals surface area contributed by atoms with Gasteiger partial charge >= 0.3 is 0 Å². The van der Waals surface area contributed by atoms with E-state index in [0.717, 1.165) is 5.76 Å². The molecular weight excluding hydrogens is 340 g/mol. The molecule has 2 aromatic heterocycles. The number of anilines is 1. The summed E-state index contributed by atoms with van der Waals surface area (Å²) in [5, 5.41) is 11.2. The maximum atomic E-state index is 12.5. The predicted molar refractivity (Wildman–Crippen MR) is 94.8 cm³/mol. The Balaban J connectivity index is 1.65. The van der Waals surface area contributed by atoms with Crippen molar-refractivity contribution in [2.75, 3.05) is 12.4 Å². The van der Waals surface area contributed by atoms with E-state index in [4.69, 9.17) is 9.15 Å². The average molecular weight is 358 g/mol. The number of nitrogens with zero attached hydrogens (tertiary/aromatic N) is 3. The van der Waals surface area contributed by atoms with Crippen LogP contribution in [0.25, 0.3) is 0 Å². The van der Waals surface area contributed by atoms with E-state index in [1.54, 1.807) is 31.8 Å². The molecule has 8 heteroatoms. The number of methoxy groups -OCH3 is 1. The monoisotopic (exact) mass is 358 g/mol. The number of carbonyl (C=O) groups excluding carboxylic acids is 1. The molecule has 0 fully saturated rings. The number of nitrogens with one attached hydrogen (secondary N) is 1. The maximum absolute atomic E-state index is 12.5. The van der Waals surface area contributed by atoms with Crippen molar-refractivity contribution in [1.29, 1.82) is 0 Å². The predicted octanol–water partition coefficient (Wildman–Crippen LogP) is 3.05. The van der Waals surface area contributed by atoms with Crippen molar-refractivity contribution in [3.8, 4) is 5.75 Å². The standard InChI is InChI=1S/C17H18N4O3S/c1-12(16(22)19-14-7-3-4-8-15(14)23-2)25-17-20-18-11-21(17)10-13-6-5-9-24-13/h3-9,11-12H,10H2,1-2H3,(H,19,22). The van der Waals surface area contributed by atoms with Crippen molar-refractivity contribution in [3.05, 3.63) is 54.7 Å². The fourth-order valence-corrected chi connectivity index (χ4v) is 3.03. The topological polar surface area (TPSA) is 82.2 Å². The Labute approximate surface area is 149 Å². The van der Waals surface area contributed by atoms with Crippen molar-refractivity contribution in [1.82, 2.24) is 14.8 Å². The third kappa shape index (κ3) is 4.21. The Morgan fingerprint density at radius 3 is 2.96 bits per heavy atom. The van der Waals surface area contributed by atoms with E-state index in [1.165, 1.54) is 11.8 Å². The first-order chi connectivity index (χ1) is 12.2. The lowest BCUT2D eigenvalue weighted by Gasteiger charge is -2.14. The van der Waals surface area contributed by atoms with Crippen LogP contribution in [-0.2, 0) is 11.3 Å². The van der Waals surface area contributed by atoms with Crippen LogP contribution in [0.4, 0.5) is 5.69 Å². The maximum Gasteiger partial charge on any atom is 0.237 e. The number of ether oxygens (including phenoxy) is 1. The first-order valence-electron chi connectivity index (χ1n) is 7.68. The second-order valence-corrected chi connectivity index (χ2v) is 6.58. The van der Waals surface area contributed by atoms with Gasteiger partial charge < -0.3 is 19.0 Å². The first kappa shape index (κ1) is 17.1. The van der Waals surface area contributed by atoms with E-state index >= 15 is 0 Å². The lowest BCUT2D eigenvalue weighted by Crippen LogP contribution is -2.23. The van der Waals surface area contributed by atoms with Gasteiger partial charge in [-0.05, 0) is 31.2 Å². The van der Waals surface area contributed by atoms with Crippen LogP contribution in [0.15, 0.2) is 58.6 Å². The molecule has 0 radical (unpaired) electrons. The Bertz CT molecular complexity index is 832. The fourth-order valence-electron chi connectivity index (χ4n) is 2.21. The molecule has 1 N–H and O–H groups in total. The van der Waals surface area contributed by atoms with Crippen molar-refractivity contribution in [2.45, 2.75) is 23.9 Å². The Kier molecular flexibility index (Phi) is 5.39. The van der Waals surface area contributed by atoms with Crippen LogP contribution in [0.1, 0.15) is 12.7 Å². The summed E-state index contributed by atoms with van der Waals surface area (Å²) >= 11 is 1.33. The van der Waals surface area contributed by atoms with E-state index in [1.807, 2.05) is 35.8 Å². The Hall–Kier alpha value is -2.74. The van der Waals surface area contributed by atoms with E-state index in [2.05, 4.69) is 15.5 Å². The average Bonchev–Trinajstić information content (AvgIpc) is 3.28. The van der Waals surface area contributed by atoms with Gasteiger partial charge in [0.25, 0.3) is 0 Å². The van der Waals surface area contributed by atoms with Crippen LogP contribution in [0.2, 0.25) is 0 Å². The number of aromatic nitrogens is 3. The molecule has 3 rings (SSSR count). The van der Waals surface area contributed by atoms with Gasteiger partial charge in [-0.1, -0.05) is 23.9 Å². The van der Waals surface area contributed by atoms with Gasteiger partial charge in [-0.3, -0.25) is 4.79 Å². The number of para-hydroxylation sites is 2. The minimum Gasteiger partial charge on any atom is -0.495 e. The van der Waals surface area contributed by atoms with E-state index < -0.39 is 0 Å². The summed E-state index contributed by atoms with van der Waals surface area (Å²) in [6, 6.07) is 11.0. The van der Waals surface area contributed by atoms with Crippen molar-refractivity contribution < 1.29 is 13.9 Å². The number of thioether (sulfide) groups is 1. The summed E-state index contributed by atoms with van der Waals surface area (Å²) in [4.78, 5) is 12.5. The highest BCUT2D eigenvalue weighted by Crippen LogP contribution is 2.26. The highest BCUT2D eigenvalue weighted by atomic mass is 32.2. The highest BCUT2D eigenvalue weighted by molar-refractivity contribution is 8.00. The van der Waals surface area contributed by atoms with Gasteiger partial charge in [0.15, 0.2) is 5.16 Å². The zero-order chi connectivity index (χ0) is 17.6.